The van der Waals surface area contributed by atoms with Gasteiger partial charge in [0, 0.05) is 43.0 Å². The van der Waals surface area contributed by atoms with E-state index in [9.17, 15) is 18.0 Å². The van der Waals surface area contributed by atoms with E-state index in [1.54, 1.807) is 19.0 Å². The lowest BCUT2D eigenvalue weighted by molar-refractivity contribution is -0.192. The number of amides is 1. The monoisotopic (exact) mass is 452 g/mol. The predicted molar refractivity (Wildman–Crippen MR) is 104 cm³/mol. The molecule has 1 saturated heterocycles. The van der Waals surface area contributed by atoms with Gasteiger partial charge in [0.05, 0.1) is 18.8 Å². The summed E-state index contributed by atoms with van der Waals surface area (Å²) in [4.78, 5) is 27.5. The summed E-state index contributed by atoms with van der Waals surface area (Å²) in [6.45, 7) is 5.01. The van der Waals surface area contributed by atoms with Gasteiger partial charge in [-0.15, -0.1) is 11.3 Å². The van der Waals surface area contributed by atoms with Crippen LogP contribution in [0.4, 0.5) is 13.2 Å². The van der Waals surface area contributed by atoms with E-state index in [2.05, 4.69) is 24.0 Å². The number of rotatable bonds is 5. The molecule has 0 bridgehead atoms. The van der Waals surface area contributed by atoms with Gasteiger partial charge in [0.1, 0.15) is 6.61 Å². The van der Waals surface area contributed by atoms with Crippen LogP contribution in [0, 0.1) is 6.92 Å². The molecule has 1 aliphatic carbocycles. The summed E-state index contributed by atoms with van der Waals surface area (Å²) in [5.74, 6) is -2.75. The summed E-state index contributed by atoms with van der Waals surface area (Å²) in [6, 6.07) is 4.82. The zero-order valence-electron chi connectivity index (χ0n) is 17.1. The Morgan fingerprint density at radius 2 is 2.00 bits per heavy atom. The van der Waals surface area contributed by atoms with E-state index < -0.39 is 12.1 Å². The van der Waals surface area contributed by atoms with Crippen molar-refractivity contribution >= 4 is 23.2 Å². The molecule has 1 aromatic heterocycles. The van der Waals surface area contributed by atoms with Crippen LogP contribution in [-0.4, -0.2) is 85.1 Å². The van der Waals surface area contributed by atoms with E-state index in [0.29, 0.717) is 6.04 Å². The Bertz CT molecular complexity index is 725. The number of ether oxygens (including phenoxy) is 2. The molecule has 0 unspecified atom stereocenters. The van der Waals surface area contributed by atoms with Crippen LogP contribution in [0.2, 0.25) is 0 Å². The van der Waals surface area contributed by atoms with E-state index in [1.807, 2.05) is 11.3 Å². The average Bonchev–Trinajstić information content (AvgIpc) is 3.26. The highest BCUT2D eigenvalue weighted by atomic mass is 32.1. The summed E-state index contributed by atoms with van der Waals surface area (Å²) >= 11 is 1.87. The van der Waals surface area contributed by atoms with Crippen molar-refractivity contribution in [2.75, 3.05) is 33.9 Å². The van der Waals surface area contributed by atoms with Crippen LogP contribution in [0.15, 0.2) is 12.1 Å². The molecule has 1 saturated carbocycles. The Hall–Kier alpha value is -1.69. The molecule has 1 aliphatic heterocycles. The van der Waals surface area contributed by atoms with Crippen LogP contribution >= 0.6 is 11.3 Å². The Balaban J connectivity index is 0.000000396. The highest BCUT2D eigenvalue weighted by molar-refractivity contribution is 7.11. The zero-order valence-corrected chi connectivity index (χ0v) is 18.0. The number of likely N-dealkylation sites (N-methyl/N-ethyl adjacent to an activating group) is 1. The van der Waals surface area contributed by atoms with Crippen molar-refractivity contribution in [3.63, 3.8) is 0 Å². The topological polar surface area (TPSA) is 79.3 Å². The predicted octanol–water partition coefficient (Wildman–Crippen LogP) is 2.53. The summed E-state index contributed by atoms with van der Waals surface area (Å²) in [7, 11) is 3.51. The van der Waals surface area contributed by atoms with Gasteiger partial charge in [0.15, 0.2) is 0 Å². The molecular weight excluding hydrogens is 425 g/mol. The van der Waals surface area contributed by atoms with Crippen molar-refractivity contribution in [3.8, 4) is 0 Å². The summed E-state index contributed by atoms with van der Waals surface area (Å²) < 4.78 is 43.6. The molecule has 7 nitrogen and oxygen atoms in total. The van der Waals surface area contributed by atoms with E-state index in [-0.39, 0.29) is 24.7 Å². The fourth-order valence-electron chi connectivity index (χ4n) is 3.44. The van der Waals surface area contributed by atoms with Gasteiger partial charge in [-0.1, -0.05) is 0 Å². The van der Waals surface area contributed by atoms with Gasteiger partial charge in [-0.05, 0) is 31.9 Å². The molecule has 3 atom stereocenters. The number of carboxylic acid groups (broad SMARTS) is 1. The minimum absolute atomic E-state index is 0.00942. The normalized spacial score (nSPS) is 24.0. The number of fused-ring (bicyclic) bond motifs is 1. The quantitative estimate of drug-likeness (QED) is 0.740. The highest BCUT2D eigenvalue weighted by Gasteiger charge is 2.43. The number of alkyl halides is 3. The maximum absolute atomic E-state index is 11.7. The molecular formula is C19H27F3N2O5S. The van der Waals surface area contributed by atoms with E-state index in [1.165, 1.54) is 9.75 Å². The highest BCUT2D eigenvalue weighted by Crippen LogP contribution is 2.33. The second-order valence-electron chi connectivity index (χ2n) is 7.40. The molecule has 1 N–H and O–H groups in total. The maximum atomic E-state index is 11.7. The maximum Gasteiger partial charge on any atom is 0.490 e. The van der Waals surface area contributed by atoms with Crippen molar-refractivity contribution < 1.29 is 37.3 Å². The Morgan fingerprint density at radius 3 is 2.53 bits per heavy atom. The van der Waals surface area contributed by atoms with Gasteiger partial charge >= 0.3 is 12.1 Å². The minimum atomic E-state index is -5.08. The average molecular weight is 452 g/mol. The Labute approximate surface area is 177 Å². The SMILES string of the molecule is Cc1ccc(CN2CCO[C@H]3[C@H](OCC(=O)N(C)C)CC[C@@H]32)s1.O=C(O)C(F)(F)F. The number of carbonyl (C=O) groups is 2. The standard InChI is InChI=1S/C17H26N2O3S.C2HF3O2/c1-12-4-5-13(23-12)10-19-8-9-21-17-14(19)6-7-15(17)22-11-16(20)18(2)3;3-2(4,5)1(6)7/h4-5,14-15,17H,6-11H2,1-3H3;(H,6,7)/t14-,15+,17+;/m0./s1. The molecule has 30 heavy (non-hydrogen) atoms. The second-order valence-corrected chi connectivity index (χ2v) is 8.78. The number of carboxylic acids is 1. The lowest BCUT2D eigenvalue weighted by atomic mass is 10.1. The molecule has 0 aromatic carbocycles. The Morgan fingerprint density at radius 1 is 1.33 bits per heavy atom. The van der Waals surface area contributed by atoms with Gasteiger partial charge in [-0.3, -0.25) is 9.69 Å². The van der Waals surface area contributed by atoms with Crippen LogP contribution in [-0.2, 0) is 25.6 Å². The lowest BCUT2D eigenvalue weighted by Gasteiger charge is -2.38. The van der Waals surface area contributed by atoms with Gasteiger partial charge < -0.3 is 19.5 Å². The van der Waals surface area contributed by atoms with Crippen molar-refractivity contribution in [2.45, 2.75) is 50.7 Å². The Kier molecular flexibility index (Phi) is 8.65. The molecule has 3 rings (SSSR count). The summed E-state index contributed by atoms with van der Waals surface area (Å²) in [6.07, 6.45) is -2.90. The molecule has 2 fully saturated rings. The lowest BCUT2D eigenvalue weighted by Crippen LogP contribution is -2.51. The third kappa shape index (κ3) is 6.93. The molecule has 1 aromatic rings. The second kappa shape index (κ2) is 10.6. The van der Waals surface area contributed by atoms with Crippen LogP contribution in [0.25, 0.3) is 0 Å². The zero-order chi connectivity index (χ0) is 22.5. The number of aliphatic carboxylic acids is 1. The van der Waals surface area contributed by atoms with E-state index in [4.69, 9.17) is 19.4 Å². The van der Waals surface area contributed by atoms with Gasteiger partial charge in [0.25, 0.3) is 0 Å². The number of halogens is 3. The molecule has 170 valence electrons. The number of hydrogen-bond donors (Lipinski definition) is 1. The number of carbonyl (C=O) groups excluding carboxylic acids is 1. The number of nitrogens with zero attached hydrogens (tertiary/aromatic N) is 2. The van der Waals surface area contributed by atoms with Gasteiger partial charge in [0.2, 0.25) is 5.91 Å². The number of thiophene rings is 1. The van der Waals surface area contributed by atoms with Crippen molar-refractivity contribution in [1.82, 2.24) is 9.80 Å². The molecule has 2 aliphatic rings. The van der Waals surface area contributed by atoms with Crippen LogP contribution < -0.4 is 0 Å². The first kappa shape index (κ1) is 24.6. The number of morpholine rings is 1. The van der Waals surface area contributed by atoms with Crippen LogP contribution in [0.3, 0.4) is 0 Å². The van der Waals surface area contributed by atoms with E-state index in [0.717, 1.165) is 32.5 Å². The third-order valence-corrected chi connectivity index (χ3v) is 5.95. The van der Waals surface area contributed by atoms with Crippen LogP contribution in [0.1, 0.15) is 22.6 Å². The van der Waals surface area contributed by atoms with Crippen LogP contribution in [0.5, 0.6) is 0 Å². The third-order valence-electron chi connectivity index (χ3n) is 4.97. The molecule has 11 heteroatoms. The van der Waals surface area contributed by atoms with Crippen molar-refractivity contribution in [3.05, 3.63) is 21.9 Å². The van der Waals surface area contributed by atoms with E-state index >= 15 is 0 Å². The fourth-order valence-corrected chi connectivity index (χ4v) is 4.36. The number of aryl methyl sites for hydroxylation is 1. The number of hydrogen-bond acceptors (Lipinski definition) is 6. The fraction of sp³-hybridized carbons (Fsp3) is 0.684. The summed E-state index contributed by atoms with van der Waals surface area (Å²) in [5.41, 5.74) is 0. The smallest absolute Gasteiger partial charge is 0.475 e. The molecule has 0 radical (unpaired) electrons. The van der Waals surface area contributed by atoms with Crippen molar-refractivity contribution in [1.29, 1.82) is 0 Å². The minimum Gasteiger partial charge on any atom is -0.475 e. The van der Waals surface area contributed by atoms with Crippen molar-refractivity contribution in [2.24, 2.45) is 0 Å². The first-order chi connectivity index (χ1) is 14.0. The first-order valence-electron chi connectivity index (χ1n) is 9.52. The largest absolute Gasteiger partial charge is 0.490 e. The molecule has 2 heterocycles. The first-order valence-corrected chi connectivity index (χ1v) is 10.3. The molecule has 0 spiro atoms. The van der Waals surface area contributed by atoms with Gasteiger partial charge in [-0.25, -0.2) is 4.79 Å². The molecule has 1 amide bonds. The van der Waals surface area contributed by atoms with Gasteiger partial charge in [-0.2, -0.15) is 13.2 Å². The summed E-state index contributed by atoms with van der Waals surface area (Å²) in [5, 5.41) is 7.12.